The summed E-state index contributed by atoms with van der Waals surface area (Å²) >= 11 is 1.74. The highest BCUT2D eigenvalue weighted by atomic mass is 32.2. The molecule has 4 heteroatoms. The monoisotopic (exact) mass is 268 g/mol. The summed E-state index contributed by atoms with van der Waals surface area (Å²) in [6, 6.07) is 5.91. The van der Waals surface area contributed by atoms with Gasteiger partial charge in [0.05, 0.1) is 20.3 Å². The zero-order valence-electron chi connectivity index (χ0n) is 10.9. The van der Waals surface area contributed by atoms with Crippen LogP contribution in [0.1, 0.15) is 25.7 Å². The van der Waals surface area contributed by atoms with Crippen LogP contribution in [0.5, 0.6) is 11.5 Å². The van der Waals surface area contributed by atoms with Gasteiger partial charge in [-0.1, -0.05) is 12.8 Å². The number of methoxy groups -OCH3 is 2. The van der Waals surface area contributed by atoms with E-state index in [9.17, 15) is 5.11 Å². The third kappa shape index (κ3) is 3.12. The molecule has 0 saturated heterocycles. The molecule has 0 bridgehead atoms. The van der Waals surface area contributed by atoms with Gasteiger partial charge in [-0.15, -0.1) is 11.8 Å². The molecule has 1 aromatic carbocycles. The molecule has 18 heavy (non-hydrogen) atoms. The summed E-state index contributed by atoms with van der Waals surface area (Å²) in [5.74, 6) is 1.49. The van der Waals surface area contributed by atoms with Crippen LogP contribution in [-0.2, 0) is 0 Å². The second-order valence-electron chi connectivity index (χ2n) is 4.52. The highest BCUT2D eigenvalue weighted by molar-refractivity contribution is 8.00. The van der Waals surface area contributed by atoms with Crippen LogP contribution >= 0.6 is 11.8 Å². The zero-order chi connectivity index (χ0) is 13.0. The van der Waals surface area contributed by atoms with Crippen molar-refractivity contribution in [3.05, 3.63) is 18.2 Å². The fourth-order valence-corrected chi connectivity index (χ4v) is 3.53. The SMILES string of the molecule is COc1ccc(S[C@H]2CCCC[C@@H]2O)cc1OC. The summed E-state index contributed by atoms with van der Waals surface area (Å²) in [6.45, 7) is 0. The molecule has 0 radical (unpaired) electrons. The van der Waals surface area contributed by atoms with Gasteiger partial charge in [0.2, 0.25) is 0 Å². The maximum absolute atomic E-state index is 9.98. The van der Waals surface area contributed by atoms with Gasteiger partial charge in [-0.05, 0) is 31.0 Å². The second-order valence-corrected chi connectivity index (χ2v) is 5.84. The molecule has 1 fully saturated rings. The Morgan fingerprint density at radius 3 is 2.50 bits per heavy atom. The molecule has 1 aliphatic rings. The predicted molar refractivity (Wildman–Crippen MR) is 73.7 cm³/mol. The molecule has 1 aromatic rings. The molecule has 3 nitrogen and oxygen atoms in total. The number of rotatable bonds is 4. The van der Waals surface area contributed by atoms with E-state index in [1.165, 1.54) is 6.42 Å². The van der Waals surface area contributed by atoms with Crippen LogP contribution in [0.25, 0.3) is 0 Å². The standard InChI is InChI=1S/C14H20O3S/c1-16-12-8-7-10(9-13(12)17-2)18-14-6-4-3-5-11(14)15/h7-9,11,14-15H,3-6H2,1-2H3/t11-,14-/m0/s1. The van der Waals surface area contributed by atoms with Crippen LogP contribution in [0, 0.1) is 0 Å². The van der Waals surface area contributed by atoms with E-state index < -0.39 is 0 Å². The summed E-state index contributed by atoms with van der Waals surface area (Å²) in [5.41, 5.74) is 0. The summed E-state index contributed by atoms with van der Waals surface area (Å²) in [7, 11) is 3.28. The maximum atomic E-state index is 9.98. The molecule has 100 valence electrons. The van der Waals surface area contributed by atoms with E-state index in [1.807, 2.05) is 18.2 Å². The number of ether oxygens (including phenoxy) is 2. The number of hydrogen-bond acceptors (Lipinski definition) is 4. The van der Waals surface area contributed by atoms with Crippen molar-refractivity contribution >= 4 is 11.8 Å². The van der Waals surface area contributed by atoms with Crippen molar-refractivity contribution in [1.29, 1.82) is 0 Å². The number of aliphatic hydroxyl groups excluding tert-OH is 1. The Kier molecular flexibility index (Phi) is 4.78. The molecule has 2 atom stereocenters. The minimum Gasteiger partial charge on any atom is -0.493 e. The first-order chi connectivity index (χ1) is 8.74. The highest BCUT2D eigenvalue weighted by Gasteiger charge is 2.24. The second kappa shape index (κ2) is 6.34. The Balaban J connectivity index is 2.08. The zero-order valence-corrected chi connectivity index (χ0v) is 11.7. The number of benzene rings is 1. The van der Waals surface area contributed by atoms with Gasteiger partial charge < -0.3 is 14.6 Å². The summed E-state index contributed by atoms with van der Waals surface area (Å²) in [4.78, 5) is 1.12. The topological polar surface area (TPSA) is 38.7 Å². The van der Waals surface area contributed by atoms with Crippen LogP contribution in [0.15, 0.2) is 23.1 Å². The first-order valence-corrected chi connectivity index (χ1v) is 7.19. The first kappa shape index (κ1) is 13.6. The van der Waals surface area contributed by atoms with Crippen molar-refractivity contribution in [2.45, 2.75) is 41.9 Å². The smallest absolute Gasteiger partial charge is 0.161 e. The number of hydrogen-bond donors (Lipinski definition) is 1. The van der Waals surface area contributed by atoms with Gasteiger partial charge in [0.1, 0.15) is 0 Å². The molecule has 1 aliphatic carbocycles. The average Bonchev–Trinajstić information content (AvgIpc) is 2.41. The van der Waals surface area contributed by atoms with E-state index in [1.54, 1.807) is 26.0 Å². The summed E-state index contributed by atoms with van der Waals surface area (Å²) < 4.78 is 10.5. The van der Waals surface area contributed by atoms with E-state index in [-0.39, 0.29) is 6.10 Å². The predicted octanol–water partition coefficient (Wildman–Crippen LogP) is 3.10. The van der Waals surface area contributed by atoms with Crippen molar-refractivity contribution in [2.75, 3.05) is 14.2 Å². The number of aliphatic hydroxyl groups is 1. The van der Waals surface area contributed by atoms with Crippen molar-refractivity contribution in [2.24, 2.45) is 0 Å². The van der Waals surface area contributed by atoms with Crippen molar-refractivity contribution in [3.63, 3.8) is 0 Å². The molecular formula is C14H20O3S. The van der Waals surface area contributed by atoms with Gasteiger partial charge >= 0.3 is 0 Å². The van der Waals surface area contributed by atoms with E-state index in [4.69, 9.17) is 9.47 Å². The first-order valence-electron chi connectivity index (χ1n) is 6.31. The third-order valence-corrected chi connectivity index (χ3v) is 4.69. The van der Waals surface area contributed by atoms with Crippen molar-refractivity contribution in [3.8, 4) is 11.5 Å². The molecule has 0 amide bonds. The summed E-state index contributed by atoms with van der Waals surface area (Å²) in [6.07, 6.45) is 4.17. The Hall–Kier alpha value is -0.870. The van der Waals surface area contributed by atoms with Crippen molar-refractivity contribution < 1.29 is 14.6 Å². The van der Waals surface area contributed by atoms with Crippen LogP contribution in [-0.4, -0.2) is 30.7 Å². The van der Waals surface area contributed by atoms with Crippen LogP contribution in [0.2, 0.25) is 0 Å². The van der Waals surface area contributed by atoms with Crippen LogP contribution in [0.3, 0.4) is 0 Å². The molecule has 0 aromatic heterocycles. The maximum Gasteiger partial charge on any atom is 0.161 e. The van der Waals surface area contributed by atoms with Gasteiger partial charge in [-0.3, -0.25) is 0 Å². The lowest BCUT2D eigenvalue weighted by Gasteiger charge is -2.27. The lowest BCUT2D eigenvalue weighted by molar-refractivity contribution is 0.137. The Morgan fingerprint density at radius 2 is 1.83 bits per heavy atom. The summed E-state index contributed by atoms with van der Waals surface area (Å²) in [5, 5.41) is 10.3. The van der Waals surface area contributed by atoms with E-state index in [0.717, 1.165) is 35.7 Å². The third-order valence-electron chi connectivity index (χ3n) is 3.31. The van der Waals surface area contributed by atoms with E-state index in [2.05, 4.69) is 0 Å². The van der Waals surface area contributed by atoms with Gasteiger partial charge in [0.25, 0.3) is 0 Å². The fourth-order valence-electron chi connectivity index (χ4n) is 2.28. The molecule has 0 heterocycles. The van der Waals surface area contributed by atoms with Crippen LogP contribution < -0.4 is 9.47 Å². The molecular weight excluding hydrogens is 248 g/mol. The Labute approximate surface area is 112 Å². The largest absolute Gasteiger partial charge is 0.493 e. The van der Waals surface area contributed by atoms with Gasteiger partial charge in [-0.2, -0.15) is 0 Å². The Bertz CT molecular complexity index is 395. The van der Waals surface area contributed by atoms with E-state index in [0.29, 0.717) is 5.25 Å². The molecule has 0 aliphatic heterocycles. The minimum atomic E-state index is -0.183. The Morgan fingerprint density at radius 1 is 1.11 bits per heavy atom. The molecule has 0 spiro atoms. The van der Waals surface area contributed by atoms with Crippen LogP contribution in [0.4, 0.5) is 0 Å². The number of thioether (sulfide) groups is 1. The van der Waals surface area contributed by atoms with Gasteiger partial charge in [0, 0.05) is 10.1 Å². The quantitative estimate of drug-likeness (QED) is 0.910. The lowest BCUT2D eigenvalue weighted by atomic mass is 9.97. The van der Waals surface area contributed by atoms with Gasteiger partial charge in [-0.25, -0.2) is 0 Å². The highest BCUT2D eigenvalue weighted by Crippen LogP contribution is 2.37. The molecule has 1 N–H and O–H groups in total. The van der Waals surface area contributed by atoms with Crippen molar-refractivity contribution in [1.82, 2.24) is 0 Å². The fraction of sp³-hybridized carbons (Fsp3) is 0.571. The minimum absolute atomic E-state index is 0.183. The van der Waals surface area contributed by atoms with E-state index >= 15 is 0 Å². The average molecular weight is 268 g/mol. The lowest BCUT2D eigenvalue weighted by Crippen LogP contribution is -2.26. The van der Waals surface area contributed by atoms with Gasteiger partial charge in [0.15, 0.2) is 11.5 Å². The normalized spacial score (nSPS) is 23.7. The molecule has 0 unspecified atom stereocenters. The molecule has 1 saturated carbocycles. The molecule has 2 rings (SSSR count).